The van der Waals surface area contributed by atoms with Gasteiger partial charge in [0.1, 0.15) is 11.8 Å². The number of ether oxygens (including phenoxy) is 1. The van der Waals surface area contributed by atoms with E-state index in [0.29, 0.717) is 35.4 Å². The fourth-order valence-electron chi connectivity index (χ4n) is 4.34. The van der Waals surface area contributed by atoms with Gasteiger partial charge in [0, 0.05) is 0 Å². The van der Waals surface area contributed by atoms with Crippen LogP contribution in [-0.4, -0.2) is 17.8 Å². The first-order valence-electron chi connectivity index (χ1n) is 8.65. The molecule has 3 aliphatic rings. The molecule has 124 valence electrons. The average Bonchev–Trinajstić information content (AvgIpc) is 2.54. The van der Waals surface area contributed by atoms with Crippen LogP contribution in [0.4, 0.5) is 0 Å². The molecule has 0 spiro atoms. The zero-order chi connectivity index (χ0) is 16.6. The minimum atomic E-state index is -0.253. The Kier molecular flexibility index (Phi) is 4.31. The summed E-state index contributed by atoms with van der Waals surface area (Å²) in [5, 5.41) is 0. The molecule has 0 amide bonds. The van der Waals surface area contributed by atoms with Crippen molar-refractivity contribution in [3.8, 4) is 0 Å². The van der Waals surface area contributed by atoms with Crippen molar-refractivity contribution in [2.75, 3.05) is 0 Å². The van der Waals surface area contributed by atoms with Crippen LogP contribution in [-0.2, 0) is 16.1 Å². The maximum absolute atomic E-state index is 12.3. The molecule has 2 bridgehead atoms. The quantitative estimate of drug-likeness (QED) is 0.615. The molecule has 3 fully saturated rings. The first-order chi connectivity index (χ1) is 10.9. The van der Waals surface area contributed by atoms with E-state index in [9.17, 15) is 4.79 Å². The van der Waals surface area contributed by atoms with Crippen molar-refractivity contribution in [2.24, 2.45) is 28.2 Å². The van der Waals surface area contributed by atoms with Crippen molar-refractivity contribution < 1.29 is 9.53 Å². The molecule has 0 radical (unpaired) electrons. The number of carbonyl (C=O) groups excluding carboxylic acids is 1. The molecule has 4 rings (SSSR count). The predicted octanol–water partition coefficient (Wildman–Crippen LogP) is 4.26. The van der Waals surface area contributed by atoms with Crippen LogP contribution >= 0.6 is 0 Å². The van der Waals surface area contributed by atoms with Gasteiger partial charge in [0.2, 0.25) is 0 Å². The monoisotopic (exact) mass is 313 g/mol. The van der Waals surface area contributed by atoms with Crippen LogP contribution in [0.15, 0.2) is 35.3 Å². The van der Waals surface area contributed by atoms with Crippen LogP contribution in [0, 0.1) is 23.2 Å². The smallest absolute Gasteiger partial charge is 0.352 e. The zero-order valence-electron chi connectivity index (χ0n) is 14.6. The molecular weight excluding hydrogens is 286 g/mol. The Hall–Kier alpha value is -1.64. The molecule has 2 unspecified atom stereocenters. The van der Waals surface area contributed by atoms with E-state index in [4.69, 9.17) is 4.74 Å². The van der Waals surface area contributed by atoms with E-state index in [2.05, 4.69) is 25.8 Å². The molecule has 1 aromatic carbocycles. The molecule has 0 N–H and O–H groups in total. The Labute approximate surface area is 139 Å². The molecule has 3 saturated carbocycles. The highest BCUT2D eigenvalue weighted by Crippen LogP contribution is 2.61. The fraction of sp³-hybridized carbons (Fsp3) is 0.600. The Bertz CT molecular complexity index is 605. The predicted molar refractivity (Wildman–Crippen MR) is 92.3 cm³/mol. The van der Waals surface area contributed by atoms with Gasteiger partial charge in [-0.2, -0.15) is 0 Å². The van der Waals surface area contributed by atoms with Crippen molar-refractivity contribution in [3.05, 3.63) is 35.9 Å². The summed E-state index contributed by atoms with van der Waals surface area (Å²) in [6.07, 6.45) is 2.35. The van der Waals surface area contributed by atoms with Gasteiger partial charge in [0.25, 0.3) is 0 Å². The van der Waals surface area contributed by atoms with Crippen molar-refractivity contribution in [2.45, 2.75) is 53.2 Å². The summed E-state index contributed by atoms with van der Waals surface area (Å²) in [7, 11) is 0. The molecule has 3 heteroatoms. The van der Waals surface area contributed by atoms with Crippen LogP contribution in [0.3, 0.4) is 0 Å². The third-order valence-corrected chi connectivity index (χ3v) is 6.18. The summed E-state index contributed by atoms with van der Waals surface area (Å²) in [6.45, 7) is 9.22. The minimum absolute atomic E-state index is 0.0566. The van der Waals surface area contributed by atoms with E-state index in [0.717, 1.165) is 12.0 Å². The van der Waals surface area contributed by atoms with E-state index >= 15 is 0 Å². The molecule has 4 atom stereocenters. The van der Waals surface area contributed by atoms with E-state index in [1.54, 1.807) is 6.92 Å². The summed E-state index contributed by atoms with van der Waals surface area (Å²) in [6, 6.07) is 9.97. The Morgan fingerprint density at radius 2 is 1.96 bits per heavy atom. The summed E-state index contributed by atoms with van der Waals surface area (Å²) < 4.78 is 5.78. The molecule has 23 heavy (non-hydrogen) atoms. The van der Waals surface area contributed by atoms with Crippen LogP contribution in [0.2, 0.25) is 0 Å². The Morgan fingerprint density at radius 3 is 2.57 bits per heavy atom. The lowest BCUT2D eigenvalue weighted by atomic mass is 9.45. The van der Waals surface area contributed by atoms with E-state index in [1.807, 2.05) is 30.3 Å². The van der Waals surface area contributed by atoms with E-state index in [1.165, 1.54) is 6.42 Å². The normalized spacial score (nSPS) is 32.1. The maximum atomic E-state index is 12.3. The number of esters is 1. The van der Waals surface area contributed by atoms with Gasteiger partial charge >= 0.3 is 5.97 Å². The summed E-state index contributed by atoms with van der Waals surface area (Å²) in [4.78, 5) is 16.7. The lowest BCUT2D eigenvalue weighted by Crippen LogP contribution is -2.57. The largest absolute Gasteiger partial charge is 0.458 e. The zero-order valence-corrected chi connectivity index (χ0v) is 14.6. The highest BCUT2D eigenvalue weighted by atomic mass is 16.5. The van der Waals surface area contributed by atoms with Crippen molar-refractivity contribution in [1.82, 2.24) is 0 Å². The molecule has 0 aliphatic heterocycles. The number of hydrogen-bond donors (Lipinski definition) is 0. The fourth-order valence-corrected chi connectivity index (χ4v) is 4.34. The number of aliphatic imine (C=N–C) groups is 1. The first-order valence-corrected chi connectivity index (χ1v) is 8.65. The molecule has 0 saturated heterocycles. The van der Waals surface area contributed by atoms with Crippen LogP contribution < -0.4 is 0 Å². The van der Waals surface area contributed by atoms with E-state index in [-0.39, 0.29) is 12.1 Å². The van der Waals surface area contributed by atoms with Crippen molar-refractivity contribution in [3.63, 3.8) is 0 Å². The molecule has 0 aromatic heterocycles. The number of fused-ring (bicyclic) bond motifs is 2. The topological polar surface area (TPSA) is 38.7 Å². The first kappa shape index (κ1) is 16.2. The van der Waals surface area contributed by atoms with Crippen LogP contribution in [0.25, 0.3) is 0 Å². The van der Waals surface area contributed by atoms with Crippen LogP contribution in [0.1, 0.15) is 46.1 Å². The maximum Gasteiger partial charge on any atom is 0.352 e. The van der Waals surface area contributed by atoms with Gasteiger partial charge in [-0.15, -0.1) is 0 Å². The van der Waals surface area contributed by atoms with Gasteiger partial charge in [-0.25, -0.2) is 4.79 Å². The van der Waals surface area contributed by atoms with Crippen molar-refractivity contribution >= 4 is 11.7 Å². The number of hydrogen-bond acceptors (Lipinski definition) is 3. The summed E-state index contributed by atoms with van der Waals surface area (Å²) in [5.74, 6) is 1.57. The highest BCUT2D eigenvalue weighted by Gasteiger charge is 2.57. The number of benzene rings is 1. The number of carbonyl (C=O) groups is 1. The van der Waals surface area contributed by atoms with Gasteiger partial charge in [-0.05, 0) is 48.5 Å². The summed E-state index contributed by atoms with van der Waals surface area (Å²) in [5.41, 5.74) is 1.99. The third kappa shape index (κ3) is 3.06. The van der Waals surface area contributed by atoms with Gasteiger partial charge < -0.3 is 4.74 Å². The third-order valence-electron chi connectivity index (χ3n) is 6.18. The Morgan fingerprint density at radius 1 is 1.26 bits per heavy atom. The SMILES string of the molecule is CC(=NCc1ccccc1)C(=O)OC1C[C@H]2C[C@@H](C1C)C2(C)C. The summed E-state index contributed by atoms with van der Waals surface area (Å²) >= 11 is 0. The average molecular weight is 313 g/mol. The van der Waals surface area contributed by atoms with E-state index < -0.39 is 0 Å². The Balaban J connectivity index is 1.57. The second-order valence-electron chi connectivity index (χ2n) is 7.79. The second-order valence-corrected chi connectivity index (χ2v) is 7.79. The molecule has 3 nitrogen and oxygen atoms in total. The lowest BCUT2D eigenvalue weighted by Gasteiger charge is -2.61. The van der Waals surface area contributed by atoms with Crippen molar-refractivity contribution in [1.29, 1.82) is 0 Å². The van der Waals surface area contributed by atoms with Gasteiger partial charge in [-0.1, -0.05) is 51.1 Å². The molecule has 1 aromatic rings. The van der Waals surface area contributed by atoms with Gasteiger partial charge in [0.15, 0.2) is 0 Å². The second kappa shape index (κ2) is 6.10. The van der Waals surface area contributed by atoms with Gasteiger partial charge in [0.05, 0.1) is 6.54 Å². The highest BCUT2D eigenvalue weighted by molar-refractivity contribution is 6.35. The molecule has 0 heterocycles. The lowest BCUT2D eigenvalue weighted by molar-refractivity contribution is -0.180. The standard InChI is InChI=1S/C20H27NO2/c1-13-17-10-16(20(17,3)4)11-18(13)23-19(22)14(2)21-12-15-8-6-5-7-9-15/h5-9,13,16-18H,10-12H2,1-4H3/t13?,16-,17+,18?/m1/s1. The van der Waals surface area contributed by atoms with Crippen LogP contribution in [0.5, 0.6) is 0 Å². The number of rotatable bonds is 4. The molecular formula is C20H27NO2. The van der Waals surface area contributed by atoms with Gasteiger partial charge in [-0.3, -0.25) is 4.99 Å². The minimum Gasteiger partial charge on any atom is -0.458 e. The number of nitrogens with zero attached hydrogens (tertiary/aromatic N) is 1. The molecule has 3 aliphatic carbocycles.